The summed E-state index contributed by atoms with van der Waals surface area (Å²) < 4.78 is 279. The van der Waals surface area contributed by atoms with Crippen LogP contribution in [-0.4, -0.2) is 30.8 Å². The van der Waals surface area contributed by atoms with E-state index in [1.165, 1.54) is 19.6 Å². The average Bonchev–Trinajstić information content (AvgIpc) is 3.10. The van der Waals surface area contributed by atoms with Gasteiger partial charge in [0, 0.05) is 0 Å². The van der Waals surface area contributed by atoms with Gasteiger partial charge in [0.25, 0.3) is 0 Å². The Hall–Kier alpha value is -4.50. The highest BCUT2D eigenvalue weighted by molar-refractivity contribution is 7.20. The van der Waals surface area contributed by atoms with Gasteiger partial charge in [0.1, 0.15) is 52.7 Å². The lowest BCUT2D eigenvalue weighted by Gasteiger charge is -2.44. The number of nitrogens with zero attached hydrogens (tertiary/aromatic N) is 1. The van der Waals surface area contributed by atoms with Crippen molar-refractivity contribution in [3.63, 3.8) is 0 Å². The molecule has 0 aliphatic rings. The van der Waals surface area contributed by atoms with Gasteiger partial charge in [0.05, 0.1) is 19.6 Å². The summed E-state index contributed by atoms with van der Waals surface area (Å²) in [5, 5.41) is 0. The molecule has 4 rings (SSSR count). The van der Waals surface area contributed by atoms with Crippen LogP contribution in [0.3, 0.4) is 0 Å². The first-order valence-corrected chi connectivity index (χ1v) is 13.9. The molecular formula is C29H16BF19N2. The standard InChI is InChI=1S/C23BF19N.C6H15N/c25-5-1(6(26)14(34)19(39)13(5)33)24(4-11(31)22(42)44-23(43)12(4)32,2-7(27)15(35)20(40)16(36)8(2)28)3-9(29)17(37)21(41)18(38)10(3)30;1-4-7(5-2)6-3/h;4-6H2,1-3H3/q-1;/p+1. The van der Waals surface area contributed by atoms with Crippen LogP contribution in [0.4, 0.5) is 83.4 Å². The van der Waals surface area contributed by atoms with E-state index in [0.29, 0.717) is 0 Å². The van der Waals surface area contributed by atoms with Crippen LogP contribution in [0.5, 0.6) is 0 Å². The van der Waals surface area contributed by atoms with E-state index < -0.39 is 139 Å². The van der Waals surface area contributed by atoms with Crippen molar-refractivity contribution in [2.45, 2.75) is 20.8 Å². The van der Waals surface area contributed by atoms with Gasteiger partial charge >= 0.3 is 0 Å². The predicted molar refractivity (Wildman–Crippen MR) is 140 cm³/mol. The molecule has 51 heavy (non-hydrogen) atoms. The fraction of sp³-hybridized carbons (Fsp3) is 0.207. The first-order valence-electron chi connectivity index (χ1n) is 13.9. The average molecular weight is 764 g/mol. The molecule has 0 radical (unpaired) electrons. The Morgan fingerprint density at radius 2 is 0.490 bits per heavy atom. The van der Waals surface area contributed by atoms with Crippen LogP contribution in [0.1, 0.15) is 20.8 Å². The van der Waals surface area contributed by atoms with Crippen LogP contribution >= 0.6 is 0 Å². The molecule has 0 unspecified atom stereocenters. The highest BCUT2D eigenvalue weighted by atomic mass is 19.2. The summed E-state index contributed by atoms with van der Waals surface area (Å²) in [5.74, 6) is -65.9. The van der Waals surface area contributed by atoms with Crippen molar-refractivity contribution in [3.8, 4) is 0 Å². The van der Waals surface area contributed by atoms with E-state index in [4.69, 9.17) is 0 Å². The molecule has 0 saturated heterocycles. The third kappa shape index (κ3) is 6.24. The van der Waals surface area contributed by atoms with Gasteiger partial charge in [-0.15, -0.1) is 21.9 Å². The smallest absolute Gasteiger partial charge is 0.248 e. The van der Waals surface area contributed by atoms with Crippen molar-refractivity contribution in [2.24, 2.45) is 0 Å². The second kappa shape index (κ2) is 15.0. The van der Waals surface area contributed by atoms with Crippen molar-refractivity contribution in [1.29, 1.82) is 0 Å². The maximum atomic E-state index is 15.3. The lowest BCUT2D eigenvalue weighted by Crippen LogP contribution is -3.11. The minimum atomic E-state index is -7.08. The first kappa shape index (κ1) is 40.9. The zero-order valence-electron chi connectivity index (χ0n) is 25.3. The molecule has 0 amide bonds. The Kier molecular flexibility index (Phi) is 12.0. The molecule has 0 fully saturated rings. The lowest BCUT2D eigenvalue weighted by molar-refractivity contribution is -0.894. The Labute approximate surface area is 273 Å². The molecule has 2 nitrogen and oxygen atoms in total. The zero-order valence-corrected chi connectivity index (χ0v) is 25.3. The Morgan fingerprint density at radius 3 is 0.667 bits per heavy atom. The Morgan fingerprint density at radius 1 is 0.314 bits per heavy atom. The summed E-state index contributed by atoms with van der Waals surface area (Å²) in [6.45, 7) is 10.5. The van der Waals surface area contributed by atoms with Gasteiger partial charge < -0.3 is 4.90 Å². The van der Waals surface area contributed by atoms with E-state index >= 15 is 35.1 Å². The fourth-order valence-corrected chi connectivity index (χ4v) is 5.51. The topological polar surface area (TPSA) is 17.3 Å². The van der Waals surface area contributed by atoms with Crippen molar-refractivity contribution >= 4 is 28.0 Å². The van der Waals surface area contributed by atoms with Crippen molar-refractivity contribution in [3.05, 3.63) is 111 Å². The SMILES string of the molecule is CC[NH+](CC)CC.Fc1nc(F)c(F)c([B-](c2c(F)c(F)c(F)c(F)c2F)(c2c(F)c(F)c(F)c(F)c2F)c2c(F)c(F)c(F)c(F)c2F)c1F. The van der Waals surface area contributed by atoms with Crippen LogP contribution in [0.2, 0.25) is 0 Å². The third-order valence-corrected chi connectivity index (χ3v) is 7.99. The molecule has 1 heterocycles. The minimum Gasteiger partial charge on any atom is -0.336 e. The highest BCUT2D eigenvalue weighted by Gasteiger charge is 2.52. The normalized spacial score (nSPS) is 11.7. The molecule has 1 aromatic heterocycles. The number of benzene rings is 3. The minimum absolute atomic E-state index is 1.27. The predicted octanol–water partition coefficient (Wildman–Crippen LogP) is 5.03. The van der Waals surface area contributed by atoms with Gasteiger partial charge in [-0.3, -0.25) is 0 Å². The van der Waals surface area contributed by atoms with Gasteiger partial charge in [-0.25, -0.2) is 74.6 Å². The summed E-state index contributed by atoms with van der Waals surface area (Å²) in [4.78, 5) is 3.53. The molecular weight excluding hydrogens is 748 g/mol. The summed E-state index contributed by atoms with van der Waals surface area (Å²) in [5.41, 5.74) is -13.9. The quantitative estimate of drug-likeness (QED) is 0.0920. The van der Waals surface area contributed by atoms with E-state index in [9.17, 15) is 48.3 Å². The molecule has 0 aliphatic heterocycles. The van der Waals surface area contributed by atoms with Crippen LogP contribution in [0.15, 0.2) is 0 Å². The van der Waals surface area contributed by atoms with Gasteiger partial charge in [0.2, 0.25) is 11.9 Å². The summed E-state index contributed by atoms with van der Waals surface area (Å²) >= 11 is 0. The number of pyridine rings is 1. The summed E-state index contributed by atoms with van der Waals surface area (Å²) in [7, 11) is 0. The molecule has 0 aliphatic carbocycles. The molecule has 4 aromatic rings. The van der Waals surface area contributed by atoms with Crippen molar-refractivity contribution in [2.75, 3.05) is 19.6 Å². The summed E-state index contributed by atoms with van der Waals surface area (Å²) in [6, 6.07) is 0. The molecule has 1 N–H and O–H groups in total. The largest absolute Gasteiger partial charge is 0.336 e. The zero-order chi connectivity index (χ0) is 39.2. The number of quaternary nitrogens is 1. The van der Waals surface area contributed by atoms with E-state index in [2.05, 4.69) is 20.8 Å². The third-order valence-electron chi connectivity index (χ3n) is 7.99. The second-order valence-electron chi connectivity index (χ2n) is 10.4. The first-order chi connectivity index (χ1) is 23.6. The van der Waals surface area contributed by atoms with E-state index in [1.807, 2.05) is 4.98 Å². The molecule has 278 valence electrons. The second-order valence-corrected chi connectivity index (χ2v) is 10.4. The molecule has 0 bridgehead atoms. The number of rotatable bonds is 7. The molecule has 22 heteroatoms. The molecule has 0 saturated carbocycles. The molecule has 3 aromatic carbocycles. The van der Waals surface area contributed by atoms with E-state index in [1.54, 1.807) is 4.90 Å². The number of hydrogen-bond acceptors (Lipinski definition) is 1. The van der Waals surface area contributed by atoms with Gasteiger partial charge in [-0.1, -0.05) is 0 Å². The Bertz CT molecular complexity index is 1750. The fourth-order valence-electron chi connectivity index (χ4n) is 5.51. The lowest BCUT2D eigenvalue weighted by atomic mass is 9.12. The maximum absolute atomic E-state index is 15.3. The van der Waals surface area contributed by atoms with Gasteiger partial charge in [-0.05, 0) is 20.8 Å². The number of aromatic nitrogens is 1. The van der Waals surface area contributed by atoms with Crippen molar-refractivity contribution in [1.82, 2.24) is 4.98 Å². The van der Waals surface area contributed by atoms with Crippen LogP contribution in [0, 0.1) is 111 Å². The van der Waals surface area contributed by atoms with Crippen LogP contribution < -0.4 is 26.8 Å². The Balaban J connectivity index is 0.000000908. The highest BCUT2D eigenvalue weighted by Crippen LogP contribution is 2.29. The van der Waals surface area contributed by atoms with Crippen LogP contribution in [-0.2, 0) is 0 Å². The van der Waals surface area contributed by atoms with Crippen molar-refractivity contribution < 1.29 is 88.3 Å². The molecule has 0 spiro atoms. The van der Waals surface area contributed by atoms with E-state index in [-0.39, 0.29) is 0 Å². The molecule has 0 atom stereocenters. The van der Waals surface area contributed by atoms with E-state index in [0.717, 1.165) is 0 Å². The van der Waals surface area contributed by atoms with Crippen LogP contribution in [0.25, 0.3) is 0 Å². The number of halogens is 19. The maximum Gasteiger partial charge on any atom is 0.248 e. The number of nitrogens with one attached hydrogen (secondary N) is 1. The van der Waals surface area contributed by atoms with Gasteiger partial charge in [0.15, 0.2) is 52.4 Å². The number of hydrogen-bond donors (Lipinski definition) is 1. The van der Waals surface area contributed by atoms with Gasteiger partial charge in [-0.2, -0.15) is 13.8 Å². The monoisotopic (exact) mass is 764 g/mol. The summed E-state index contributed by atoms with van der Waals surface area (Å²) in [6.07, 6.45) is -7.08.